The number of benzene rings is 1. The number of nitrogens with zero attached hydrogens (tertiary/aromatic N) is 1. The Hall–Kier alpha value is -1.20. The number of hydrogen-bond donors (Lipinski definition) is 1. The zero-order valence-electron chi connectivity index (χ0n) is 11.3. The summed E-state index contributed by atoms with van der Waals surface area (Å²) in [6.07, 6.45) is 0.748. The lowest BCUT2D eigenvalue weighted by Crippen LogP contribution is -2.37. The van der Waals surface area contributed by atoms with Gasteiger partial charge in [-0.05, 0) is 24.1 Å². The fraction of sp³-hybridized carbons (Fsp3) is 0.429. The summed E-state index contributed by atoms with van der Waals surface area (Å²) >= 11 is 7.35. The summed E-state index contributed by atoms with van der Waals surface area (Å²) < 4.78 is 0. The molecule has 0 saturated carbocycles. The van der Waals surface area contributed by atoms with Crippen LogP contribution in [0.1, 0.15) is 18.9 Å². The molecule has 1 N–H and O–H groups in total. The summed E-state index contributed by atoms with van der Waals surface area (Å²) in [6, 6.07) is 7.48. The maximum Gasteiger partial charge on any atom is 0.323 e. The van der Waals surface area contributed by atoms with Crippen LogP contribution in [0.15, 0.2) is 24.3 Å². The van der Waals surface area contributed by atoms with E-state index >= 15 is 0 Å². The van der Waals surface area contributed by atoms with E-state index in [4.69, 9.17) is 16.7 Å². The first-order valence-corrected chi connectivity index (χ1v) is 7.88. The third kappa shape index (κ3) is 6.30. The lowest BCUT2D eigenvalue weighted by molar-refractivity contribution is -0.143. The SMILES string of the molecule is CCCN(CC(=O)O)C(=O)CSCc1cccc(Cl)c1. The molecule has 1 amide bonds. The first kappa shape index (κ1) is 16.9. The van der Waals surface area contributed by atoms with E-state index in [9.17, 15) is 9.59 Å². The van der Waals surface area contributed by atoms with Crippen molar-refractivity contribution in [3.8, 4) is 0 Å². The Labute approximate surface area is 128 Å². The lowest BCUT2D eigenvalue weighted by Gasteiger charge is -2.19. The molecule has 0 bridgehead atoms. The molecule has 20 heavy (non-hydrogen) atoms. The molecule has 0 heterocycles. The zero-order chi connectivity index (χ0) is 15.0. The number of halogens is 1. The molecule has 1 rings (SSSR count). The number of hydrogen-bond acceptors (Lipinski definition) is 3. The molecule has 6 heteroatoms. The van der Waals surface area contributed by atoms with Crippen molar-refractivity contribution in [3.63, 3.8) is 0 Å². The second-order valence-corrected chi connectivity index (χ2v) is 5.75. The summed E-state index contributed by atoms with van der Waals surface area (Å²) in [5.74, 6) is -0.160. The van der Waals surface area contributed by atoms with Gasteiger partial charge >= 0.3 is 5.97 Å². The van der Waals surface area contributed by atoms with Gasteiger partial charge in [-0.3, -0.25) is 9.59 Å². The van der Waals surface area contributed by atoms with Gasteiger partial charge in [0.25, 0.3) is 0 Å². The van der Waals surface area contributed by atoms with Crippen LogP contribution in [0.5, 0.6) is 0 Å². The van der Waals surface area contributed by atoms with Crippen LogP contribution in [0.4, 0.5) is 0 Å². The van der Waals surface area contributed by atoms with Crippen molar-refractivity contribution in [3.05, 3.63) is 34.9 Å². The number of carbonyl (C=O) groups excluding carboxylic acids is 1. The molecule has 0 aliphatic heterocycles. The predicted octanol–water partition coefficient (Wildman–Crippen LogP) is 2.90. The Morgan fingerprint density at radius 2 is 2.15 bits per heavy atom. The van der Waals surface area contributed by atoms with E-state index in [1.54, 1.807) is 6.07 Å². The number of rotatable bonds is 8. The van der Waals surface area contributed by atoms with Crippen molar-refractivity contribution in [2.75, 3.05) is 18.8 Å². The van der Waals surface area contributed by atoms with Crippen LogP contribution in [-0.4, -0.2) is 40.7 Å². The van der Waals surface area contributed by atoms with E-state index in [2.05, 4.69) is 0 Å². The molecule has 1 aromatic carbocycles. The first-order chi connectivity index (χ1) is 9.52. The molecule has 1 aromatic rings. The number of aliphatic carboxylic acids is 1. The average molecular weight is 316 g/mol. The smallest absolute Gasteiger partial charge is 0.323 e. The Balaban J connectivity index is 2.42. The standard InChI is InChI=1S/C14H18ClNO3S/c1-2-6-16(8-14(18)19)13(17)10-20-9-11-4-3-5-12(15)7-11/h3-5,7H,2,6,8-10H2,1H3,(H,18,19). The van der Waals surface area contributed by atoms with Gasteiger partial charge in [0.1, 0.15) is 6.54 Å². The minimum Gasteiger partial charge on any atom is -0.480 e. The van der Waals surface area contributed by atoms with Crippen LogP contribution in [0.25, 0.3) is 0 Å². The molecule has 0 aromatic heterocycles. The van der Waals surface area contributed by atoms with Crippen molar-refractivity contribution in [1.82, 2.24) is 4.90 Å². The summed E-state index contributed by atoms with van der Waals surface area (Å²) in [6.45, 7) is 2.16. The largest absolute Gasteiger partial charge is 0.480 e. The third-order valence-corrected chi connectivity index (χ3v) is 3.78. The van der Waals surface area contributed by atoms with E-state index in [0.717, 1.165) is 12.0 Å². The summed E-state index contributed by atoms with van der Waals surface area (Å²) in [7, 11) is 0. The number of carbonyl (C=O) groups is 2. The van der Waals surface area contributed by atoms with E-state index in [1.165, 1.54) is 16.7 Å². The maximum atomic E-state index is 11.9. The molecule has 0 aliphatic rings. The quantitative estimate of drug-likeness (QED) is 0.801. The lowest BCUT2D eigenvalue weighted by atomic mass is 10.2. The van der Waals surface area contributed by atoms with Crippen LogP contribution in [0.3, 0.4) is 0 Å². The van der Waals surface area contributed by atoms with Crippen molar-refractivity contribution in [1.29, 1.82) is 0 Å². The van der Waals surface area contributed by atoms with E-state index < -0.39 is 5.97 Å². The highest BCUT2D eigenvalue weighted by atomic mass is 35.5. The van der Waals surface area contributed by atoms with Crippen molar-refractivity contribution in [2.24, 2.45) is 0 Å². The number of amides is 1. The van der Waals surface area contributed by atoms with Crippen LogP contribution >= 0.6 is 23.4 Å². The number of carboxylic acid groups (broad SMARTS) is 1. The molecule has 0 unspecified atom stereocenters. The molecular formula is C14H18ClNO3S. The van der Waals surface area contributed by atoms with Gasteiger partial charge in [-0.15, -0.1) is 11.8 Å². The van der Waals surface area contributed by atoms with Gasteiger partial charge in [0.15, 0.2) is 0 Å². The Kier molecular flexibility index (Phi) is 7.47. The first-order valence-electron chi connectivity index (χ1n) is 6.34. The monoisotopic (exact) mass is 315 g/mol. The maximum absolute atomic E-state index is 11.9. The molecule has 4 nitrogen and oxygen atoms in total. The van der Waals surface area contributed by atoms with Crippen LogP contribution in [0, 0.1) is 0 Å². The van der Waals surface area contributed by atoms with Crippen LogP contribution < -0.4 is 0 Å². The highest BCUT2D eigenvalue weighted by Gasteiger charge is 2.15. The van der Waals surface area contributed by atoms with Gasteiger partial charge in [-0.25, -0.2) is 0 Å². The molecule has 0 saturated heterocycles. The van der Waals surface area contributed by atoms with Crippen LogP contribution in [0.2, 0.25) is 5.02 Å². The Morgan fingerprint density at radius 1 is 1.40 bits per heavy atom. The molecular weight excluding hydrogens is 298 g/mol. The van der Waals surface area contributed by atoms with Crippen molar-refractivity contribution < 1.29 is 14.7 Å². The third-order valence-electron chi connectivity index (χ3n) is 2.56. The van der Waals surface area contributed by atoms with Gasteiger partial charge in [0.2, 0.25) is 5.91 Å². The summed E-state index contributed by atoms with van der Waals surface area (Å²) in [5, 5.41) is 9.45. The second kappa shape index (κ2) is 8.87. The molecule has 110 valence electrons. The van der Waals surface area contributed by atoms with E-state index in [0.29, 0.717) is 17.3 Å². The number of carboxylic acids is 1. The van der Waals surface area contributed by atoms with Gasteiger partial charge in [-0.1, -0.05) is 30.7 Å². The van der Waals surface area contributed by atoms with Gasteiger partial charge in [0.05, 0.1) is 5.75 Å². The zero-order valence-corrected chi connectivity index (χ0v) is 12.9. The van der Waals surface area contributed by atoms with Crippen molar-refractivity contribution in [2.45, 2.75) is 19.1 Å². The molecule has 0 aliphatic carbocycles. The molecule has 0 radical (unpaired) electrons. The van der Waals surface area contributed by atoms with E-state index in [1.807, 2.05) is 25.1 Å². The van der Waals surface area contributed by atoms with Crippen LogP contribution in [-0.2, 0) is 15.3 Å². The average Bonchev–Trinajstić information content (AvgIpc) is 2.37. The fourth-order valence-electron chi connectivity index (χ4n) is 1.70. The Morgan fingerprint density at radius 3 is 2.75 bits per heavy atom. The second-order valence-electron chi connectivity index (χ2n) is 4.33. The predicted molar refractivity (Wildman–Crippen MR) is 82.1 cm³/mol. The Bertz CT molecular complexity index is 467. The topological polar surface area (TPSA) is 57.6 Å². The van der Waals surface area contributed by atoms with E-state index in [-0.39, 0.29) is 18.2 Å². The number of thioether (sulfide) groups is 1. The molecule has 0 fully saturated rings. The van der Waals surface area contributed by atoms with Gasteiger partial charge in [0, 0.05) is 17.3 Å². The van der Waals surface area contributed by atoms with Gasteiger partial charge < -0.3 is 10.0 Å². The fourth-order valence-corrected chi connectivity index (χ4v) is 2.79. The summed E-state index contributed by atoms with van der Waals surface area (Å²) in [4.78, 5) is 24.0. The molecule has 0 spiro atoms. The molecule has 0 atom stereocenters. The minimum absolute atomic E-state index is 0.138. The van der Waals surface area contributed by atoms with Crippen molar-refractivity contribution >= 4 is 35.2 Å². The summed E-state index contributed by atoms with van der Waals surface area (Å²) in [5.41, 5.74) is 1.05. The normalized spacial score (nSPS) is 10.3. The highest BCUT2D eigenvalue weighted by molar-refractivity contribution is 7.99. The minimum atomic E-state index is -0.980. The van der Waals surface area contributed by atoms with Gasteiger partial charge in [-0.2, -0.15) is 0 Å². The highest BCUT2D eigenvalue weighted by Crippen LogP contribution is 2.17.